The largest absolute Gasteiger partial charge is 0.310 e. The molecule has 12 rings (SSSR count). The van der Waals surface area contributed by atoms with Crippen LogP contribution in [0.15, 0.2) is 176 Å². The smallest absolute Gasteiger partial charge is 0.0561 e. The first-order valence-corrected chi connectivity index (χ1v) is 22.8. The van der Waals surface area contributed by atoms with Crippen LogP contribution in [0, 0.1) is 0 Å². The van der Waals surface area contributed by atoms with E-state index in [-0.39, 0.29) is 10.8 Å². The van der Waals surface area contributed by atoms with Crippen LogP contribution in [0.1, 0.15) is 93.5 Å². The van der Waals surface area contributed by atoms with Crippen molar-refractivity contribution in [2.24, 2.45) is 0 Å². The lowest BCUT2D eigenvalue weighted by atomic mass is 9.80. The molecule has 1 aromatic heterocycles. The highest BCUT2D eigenvalue weighted by atomic mass is 15.1. The lowest BCUT2D eigenvalue weighted by Gasteiger charge is -2.29. The molecule has 0 aliphatic heterocycles. The minimum Gasteiger partial charge on any atom is -0.310 e. The van der Waals surface area contributed by atoms with Crippen molar-refractivity contribution in [2.75, 3.05) is 4.90 Å². The van der Waals surface area contributed by atoms with Crippen molar-refractivity contribution in [1.82, 2.24) is 4.57 Å². The quantitative estimate of drug-likeness (QED) is 0.163. The average molecular weight is 801 g/mol. The Morgan fingerprint density at radius 1 is 0.419 bits per heavy atom. The van der Waals surface area contributed by atoms with Gasteiger partial charge in [0.25, 0.3) is 0 Å². The molecule has 1 saturated carbocycles. The van der Waals surface area contributed by atoms with Gasteiger partial charge in [-0.05, 0) is 135 Å². The van der Waals surface area contributed by atoms with E-state index in [1.165, 1.54) is 132 Å². The number of hydrogen-bond donors (Lipinski definition) is 0. The van der Waals surface area contributed by atoms with E-state index in [0.717, 1.165) is 5.69 Å². The predicted octanol–water partition coefficient (Wildman–Crippen LogP) is 16.6. The highest BCUT2D eigenvalue weighted by Crippen LogP contribution is 2.57. The van der Waals surface area contributed by atoms with Crippen LogP contribution in [0.3, 0.4) is 0 Å². The molecule has 0 atom stereocenters. The van der Waals surface area contributed by atoms with Crippen LogP contribution in [-0.4, -0.2) is 4.57 Å². The van der Waals surface area contributed by atoms with Gasteiger partial charge in [0.2, 0.25) is 0 Å². The number of hydrogen-bond acceptors (Lipinski definition) is 1. The number of aromatic nitrogens is 1. The second-order valence-electron chi connectivity index (χ2n) is 19.1. The maximum absolute atomic E-state index is 2.50. The fraction of sp³-hybridized carbons (Fsp3) is 0.200. The third-order valence-corrected chi connectivity index (χ3v) is 15.0. The van der Waals surface area contributed by atoms with Crippen LogP contribution in [0.4, 0.5) is 17.1 Å². The predicted molar refractivity (Wildman–Crippen MR) is 262 cm³/mol. The van der Waals surface area contributed by atoms with E-state index in [0.29, 0.717) is 5.92 Å². The van der Waals surface area contributed by atoms with Crippen LogP contribution < -0.4 is 4.90 Å². The molecule has 0 radical (unpaired) electrons. The van der Waals surface area contributed by atoms with E-state index in [1.54, 1.807) is 0 Å². The van der Waals surface area contributed by atoms with E-state index >= 15 is 0 Å². The molecule has 0 N–H and O–H groups in total. The fourth-order valence-corrected chi connectivity index (χ4v) is 11.9. The lowest BCUT2D eigenvalue weighted by Crippen LogP contribution is -2.16. The molecule has 62 heavy (non-hydrogen) atoms. The van der Waals surface area contributed by atoms with Crippen molar-refractivity contribution in [3.63, 3.8) is 0 Å². The van der Waals surface area contributed by atoms with Crippen LogP contribution in [0.2, 0.25) is 0 Å². The summed E-state index contributed by atoms with van der Waals surface area (Å²) in [7, 11) is 0. The number of para-hydroxylation sites is 2. The van der Waals surface area contributed by atoms with Gasteiger partial charge in [-0.25, -0.2) is 0 Å². The summed E-state index contributed by atoms with van der Waals surface area (Å²) in [4.78, 5) is 2.50. The van der Waals surface area contributed by atoms with Gasteiger partial charge in [0.05, 0.1) is 11.0 Å². The van der Waals surface area contributed by atoms with Gasteiger partial charge in [-0.1, -0.05) is 168 Å². The first-order valence-electron chi connectivity index (χ1n) is 22.8. The molecule has 1 fully saturated rings. The average Bonchev–Trinajstić information content (AvgIpc) is 3.86. The molecular formula is C60H52N2. The Labute approximate surface area is 366 Å². The molecular weight excluding hydrogens is 749 g/mol. The minimum atomic E-state index is -0.202. The summed E-state index contributed by atoms with van der Waals surface area (Å²) in [5.74, 6) is 0.656. The lowest BCUT2D eigenvalue weighted by molar-refractivity contribution is 0.443. The fourth-order valence-electron chi connectivity index (χ4n) is 11.9. The summed E-state index contributed by atoms with van der Waals surface area (Å²) in [5.41, 5.74) is 22.0. The Morgan fingerprint density at radius 3 is 1.71 bits per heavy atom. The van der Waals surface area contributed by atoms with E-state index in [9.17, 15) is 0 Å². The molecule has 0 amide bonds. The summed E-state index contributed by atoms with van der Waals surface area (Å²) in [6, 6.07) is 66.6. The van der Waals surface area contributed by atoms with Crippen molar-refractivity contribution in [1.29, 1.82) is 0 Å². The highest BCUT2D eigenvalue weighted by molar-refractivity contribution is 6.10. The van der Waals surface area contributed by atoms with E-state index < -0.39 is 0 Å². The number of fused-ring (bicyclic) bond motifs is 9. The molecule has 2 heteroatoms. The molecule has 0 unspecified atom stereocenters. The van der Waals surface area contributed by atoms with Crippen molar-refractivity contribution in [2.45, 2.75) is 76.5 Å². The Morgan fingerprint density at radius 2 is 0.968 bits per heavy atom. The maximum atomic E-state index is 2.50. The van der Waals surface area contributed by atoms with Gasteiger partial charge in [0, 0.05) is 44.4 Å². The highest BCUT2D eigenvalue weighted by Gasteiger charge is 2.40. The number of rotatable bonds is 6. The molecule has 8 aromatic carbocycles. The summed E-state index contributed by atoms with van der Waals surface area (Å²) in [6.07, 6.45) is 6.62. The zero-order valence-electron chi connectivity index (χ0n) is 36.3. The minimum absolute atomic E-state index is 0.0531. The van der Waals surface area contributed by atoms with Gasteiger partial charge in [-0.3, -0.25) is 0 Å². The summed E-state index contributed by atoms with van der Waals surface area (Å²) < 4.78 is 2.43. The molecule has 3 aliphatic rings. The summed E-state index contributed by atoms with van der Waals surface area (Å²) >= 11 is 0. The van der Waals surface area contributed by atoms with Crippen LogP contribution in [-0.2, 0) is 10.8 Å². The molecule has 0 saturated heterocycles. The molecule has 2 nitrogen and oxygen atoms in total. The third kappa shape index (κ3) is 5.48. The Bertz CT molecular complexity index is 3210. The molecule has 0 bridgehead atoms. The SMILES string of the molecule is CC1(C)c2ccccc2-c2c(-c3cccc4c3-c3ccc(N(c5ccc(C6CCCCC6)cc5)c5ccc6c7ccccc7n(-c7ccccc7)c6c5)cc3C4(C)C)cccc21. The molecule has 302 valence electrons. The molecule has 1 heterocycles. The maximum Gasteiger partial charge on any atom is 0.0561 e. The first-order chi connectivity index (χ1) is 30.3. The standard InChI is InChI=1S/C60H52N2/c1-59(2)51-25-13-11-22-49(51)57-47(23-15-26-52(57)59)48-24-16-27-53-58(48)50-36-34-43(37-54(50)60(53,3)4)61(42-31-29-40(30-32-42)39-17-7-5-8-18-39)44-33-35-46-45-21-12-14-28-55(45)62(56(46)38-44)41-19-9-6-10-20-41/h6,9-16,19-39H,5,7-8,17-18H2,1-4H3. The van der Waals surface area contributed by atoms with Gasteiger partial charge < -0.3 is 9.47 Å². The van der Waals surface area contributed by atoms with E-state index in [4.69, 9.17) is 0 Å². The first kappa shape index (κ1) is 37.1. The van der Waals surface area contributed by atoms with Crippen molar-refractivity contribution in [3.8, 4) is 39.1 Å². The monoisotopic (exact) mass is 800 g/mol. The molecule has 3 aliphatic carbocycles. The van der Waals surface area contributed by atoms with Crippen LogP contribution in [0.5, 0.6) is 0 Å². The number of benzene rings is 8. The van der Waals surface area contributed by atoms with Crippen molar-refractivity contribution in [3.05, 3.63) is 204 Å². The van der Waals surface area contributed by atoms with Gasteiger partial charge in [-0.2, -0.15) is 0 Å². The zero-order valence-corrected chi connectivity index (χ0v) is 36.3. The van der Waals surface area contributed by atoms with Crippen LogP contribution in [0.25, 0.3) is 60.9 Å². The van der Waals surface area contributed by atoms with Crippen LogP contribution >= 0.6 is 0 Å². The van der Waals surface area contributed by atoms with E-state index in [1.807, 2.05) is 0 Å². The zero-order chi connectivity index (χ0) is 41.7. The molecule has 0 spiro atoms. The number of anilines is 3. The topological polar surface area (TPSA) is 8.17 Å². The molecule has 9 aromatic rings. The van der Waals surface area contributed by atoms with Gasteiger partial charge >= 0.3 is 0 Å². The number of nitrogens with zero attached hydrogens (tertiary/aromatic N) is 2. The van der Waals surface area contributed by atoms with E-state index in [2.05, 4.69) is 213 Å². The van der Waals surface area contributed by atoms with Gasteiger partial charge in [-0.15, -0.1) is 0 Å². The third-order valence-electron chi connectivity index (χ3n) is 15.0. The Balaban J connectivity index is 1.04. The summed E-state index contributed by atoms with van der Waals surface area (Å²) in [5, 5.41) is 2.53. The van der Waals surface area contributed by atoms with Gasteiger partial charge in [0.1, 0.15) is 0 Å². The summed E-state index contributed by atoms with van der Waals surface area (Å²) in [6.45, 7) is 9.61. The Kier molecular flexibility index (Phi) is 8.35. The van der Waals surface area contributed by atoms with Crippen molar-refractivity contribution < 1.29 is 0 Å². The Hall–Kier alpha value is -6.64. The van der Waals surface area contributed by atoms with Gasteiger partial charge in [0.15, 0.2) is 0 Å². The van der Waals surface area contributed by atoms with Crippen molar-refractivity contribution >= 4 is 38.9 Å². The second kappa shape index (κ2) is 13.9. The normalized spacial score (nSPS) is 15.9. The second-order valence-corrected chi connectivity index (χ2v) is 19.1.